The predicted molar refractivity (Wildman–Crippen MR) is 115 cm³/mol. The van der Waals surface area contributed by atoms with Crippen LogP contribution in [0.1, 0.15) is 23.7 Å². The van der Waals surface area contributed by atoms with Crippen LogP contribution >= 0.6 is 24.0 Å². The van der Waals surface area contributed by atoms with Gasteiger partial charge in [0.15, 0.2) is 11.5 Å². The number of benzene rings is 2. The Morgan fingerprint density at radius 1 is 1.03 bits per heavy atom. The topological polar surface area (TPSA) is 43.4 Å². The van der Waals surface area contributed by atoms with E-state index in [-0.39, 0.29) is 24.8 Å². The number of rotatable bonds is 9. The zero-order valence-electron chi connectivity index (χ0n) is 16.0. The van der Waals surface area contributed by atoms with Crippen LogP contribution in [0.25, 0.3) is 0 Å². The molecule has 29 heavy (non-hydrogen) atoms. The van der Waals surface area contributed by atoms with Crippen LogP contribution in [0.4, 0.5) is 4.39 Å². The van der Waals surface area contributed by atoms with E-state index in [1.807, 2.05) is 37.3 Å². The molecule has 154 valence electrons. The number of hydrogen-bond donors (Lipinski definition) is 1. The molecule has 4 nitrogen and oxygen atoms in total. The highest BCUT2D eigenvalue weighted by atomic mass is 35.5. The molecule has 1 N–H and O–H groups in total. The van der Waals surface area contributed by atoms with E-state index in [2.05, 4.69) is 10.3 Å². The molecule has 3 rings (SSSR count). The minimum Gasteiger partial charge on any atom is -0.490 e. The molecule has 0 spiro atoms. The molecule has 0 bridgehead atoms. The first-order valence-corrected chi connectivity index (χ1v) is 9.47. The fourth-order valence-electron chi connectivity index (χ4n) is 2.73. The maximum atomic E-state index is 13.8. The van der Waals surface area contributed by atoms with Gasteiger partial charge >= 0.3 is 0 Å². The van der Waals surface area contributed by atoms with Crippen LogP contribution in [-0.4, -0.2) is 11.6 Å². The van der Waals surface area contributed by atoms with E-state index in [9.17, 15) is 4.39 Å². The van der Waals surface area contributed by atoms with Crippen molar-refractivity contribution < 1.29 is 13.9 Å². The first-order chi connectivity index (χ1) is 13.7. The van der Waals surface area contributed by atoms with Crippen LogP contribution in [0.5, 0.6) is 11.5 Å². The van der Waals surface area contributed by atoms with Crippen molar-refractivity contribution in [1.82, 2.24) is 10.3 Å². The van der Waals surface area contributed by atoms with Gasteiger partial charge in [0.05, 0.1) is 17.3 Å². The Bertz CT molecular complexity index is 911. The molecule has 1 aromatic heterocycles. The van der Waals surface area contributed by atoms with Gasteiger partial charge in [0, 0.05) is 24.8 Å². The first kappa shape index (κ1) is 22.9. The summed E-state index contributed by atoms with van der Waals surface area (Å²) in [7, 11) is 0. The SMILES string of the molecule is CCOc1cc(CNCc2ccccn2)cc(Cl)c1OCc1ccccc1F.Cl. The van der Waals surface area contributed by atoms with Gasteiger partial charge < -0.3 is 14.8 Å². The number of ether oxygens (including phenoxy) is 2. The van der Waals surface area contributed by atoms with Crippen molar-refractivity contribution in [2.75, 3.05) is 6.61 Å². The highest BCUT2D eigenvalue weighted by Crippen LogP contribution is 2.37. The Labute approximate surface area is 181 Å². The largest absolute Gasteiger partial charge is 0.490 e. The molecular weight excluding hydrogens is 414 g/mol. The summed E-state index contributed by atoms with van der Waals surface area (Å²) in [6.45, 7) is 3.68. The normalized spacial score (nSPS) is 10.3. The van der Waals surface area contributed by atoms with E-state index < -0.39 is 0 Å². The lowest BCUT2D eigenvalue weighted by Gasteiger charge is -2.16. The summed E-state index contributed by atoms with van der Waals surface area (Å²) >= 11 is 6.43. The van der Waals surface area contributed by atoms with Gasteiger partial charge in [-0.05, 0) is 42.8 Å². The maximum absolute atomic E-state index is 13.8. The number of aromatic nitrogens is 1. The van der Waals surface area contributed by atoms with Crippen molar-refractivity contribution >= 4 is 24.0 Å². The van der Waals surface area contributed by atoms with Crippen molar-refractivity contribution in [3.05, 3.63) is 88.5 Å². The second kappa shape index (κ2) is 11.6. The van der Waals surface area contributed by atoms with Gasteiger partial charge in [0.2, 0.25) is 0 Å². The summed E-state index contributed by atoms with van der Waals surface area (Å²) in [5.41, 5.74) is 2.38. The molecule has 3 aromatic rings. The second-order valence-corrected chi connectivity index (χ2v) is 6.55. The first-order valence-electron chi connectivity index (χ1n) is 9.09. The summed E-state index contributed by atoms with van der Waals surface area (Å²) in [4.78, 5) is 4.28. The minimum absolute atomic E-state index is 0. The predicted octanol–water partition coefficient (Wildman–Crippen LogP) is 5.56. The van der Waals surface area contributed by atoms with E-state index in [1.165, 1.54) is 6.07 Å². The molecule has 2 aromatic carbocycles. The van der Waals surface area contributed by atoms with Crippen molar-refractivity contribution in [2.24, 2.45) is 0 Å². The number of pyridine rings is 1. The van der Waals surface area contributed by atoms with Crippen LogP contribution in [0.15, 0.2) is 60.8 Å². The van der Waals surface area contributed by atoms with E-state index in [0.717, 1.165) is 11.3 Å². The van der Waals surface area contributed by atoms with Crippen molar-refractivity contribution in [3.63, 3.8) is 0 Å². The standard InChI is InChI=1S/C22H22ClFN2O2.ClH/c1-2-27-21-12-16(13-25-14-18-8-5-6-10-26-18)11-19(23)22(21)28-15-17-7-3-4-9-20(17)24;/h3-12,25H,2,13-15H2,1H3;1H. The van der Waals surface area contributed by atoms with Crippen LogP contribution in [0.2, 0.25) is 5.02 Å². The van der Waals surface area contributed by atoms with Crippen LogP contribution in [0, 0.1) is 5.82 Å². The van der Waals surface area contributed by atoms with Gasteiger partial charge in [-0.1, -0.05) is 35.9 Å². The van der Waals surface area contributed by atoms with Crippen LogP contribution < -0.4 is 14.8 Å². The van der Waals surface area contributed by atoms with Crippen LogP contribution in [-0.2, 0) is 19.7 Å². The van der Waals surface area contributed by atoms with E-state index in [4.69, 9.17) is 21.1 Å². The highest BCUT2D eigenvalue weighted by molar-refractivity contribution is 6.32. The molecule has 0 aliphatic rings. The third kappa shape index (κ3) is 6.60. The number of hydrogen-bond acceptors (Lipinski definition) is 4. The average molecular weight is 437 g/mol. The highest BCUT2D eigenvalue weighted by Gasteiger charge is 2.14. The number of nitrogens with zero attached hydrogens (tertiary/aromatic N) is 1. The Morgan fingerprint density at radius 3 is 2.55 bits per heavy atom. The van der Waals surface area contributed by atoms with Crippen LogP contribution in [0.3, 0.4) is 0 Å². The van der Waals surface area contributed by atoms with Gasteiger partial charge in [-0.3, -0.25) is 4.98 Å². The molecule has 0 radical (unpaired) electrons. The number of nitrogens with one attached hydrogen (secondary N) is 1. The smallest absolute Gasteiger partial charge is 0.180 e. The minimum atomic E-state index is -0.313. The molecule has 0 atom stereocenters. The van der Waals surface area contributed by atoms with Gasteiger partial charge in [-0.25, -0.2) is 4.39 Å². The molecule has 0 aliphatic carbocycles. The van der Waals surface area contributed by atoms with Crippen molar-refractivity contribution in [3.8, 4) is 11.5 Å². The fourth-order valence-corrected chi connectivity index (χ4v) is 3.02. The summed E-state index contributed by atoms with van der Waals surface area (Å²) in [6, 6.07) is 16.0. The molecule has 0 amide bonds. The summed E-state index contributed by atoms with van der Waals surface area (Å²) in [5.74, 6) is 0.646. The zero-order valence-corrected chi connectivity index (χ0v) is 17.6. The summed E-state index contributed by atoms with van der Waals surface area (Å²) < 4.78 is 25.3. The third-order valence-corrected chi connectivity index (χ3v) is 4.34. The third-order valence-electron chi connectivity index (χ3n) is 4.06. The molecule has 0 unspecified atom stereocenters. The molecule has 0 fully saturated rings. The Hall–Kier alpha value is -2.34. The van der Waals surface area contributed by atoms with E-state index in [1.54, 1.807) is 24.4 Å². The summed E-state index contributed by atoms with van der Waals surface area (Å²) in [5, 5.41) is 3.76. The average Bonchev–Trinajstić information content (AvgIpc) is 2.70. The van der Waals surface area contributed by atoms with Crippen molar-refractivity contribution in [2.45, 2.75) is 26.6 Å². The Kier molecular flexibility index (Phi) is 9.19. The number of halogens is 3. The maximum Gasteiger partial charge on any atom is 0.180 e. The Balaban J connectivity index is 0.00000300. The monoisotopic (exact) mass is 436 g/mol. The molecule has 7 heteroatoms. The molecule has 0 saturated carbocycles. The zero-order chi connectivity index (χ0) is 19.8. The quantitative estimate of drug-likeness (QED) is 0.476. The van der Waals surface area contributed by atoms with Gasteiger partial charge in [-0.15, -0.1) is 12.4 Å². The lowest BCUT2D eigenvalue weighted by Crippen LogP contribution is -2.14. The van der Waals surface area contributed by atoms with Gasteiger partial charge in [0.25, 0.3) is 0 Å². The lowest BCUT2D eigenvalue weighted by molar-refractivity contribution is 0.266. The molecule has 0 aliphatic heterocycles. The van der Waals surface area contributed by atoms with Gasteiger partial charge in [-0.2, -0.15) is 0 Å². The molecule has 0 saturated heterocycles. The second-order valence-electron chi connectivity index (χ2n) is 6.14. The summed E-state index contributed by atoms with van der Waals surface area (Å²) in [6.07, 6.45) is 1.77. The lowest BCUT2D eigenvalue weighted by atomic mass is 10.2. The van der Waals surface area contributed by atoms with E-state index >= 15 is 0 Å². The van der Waals surface area contributed by atoms with Crippen molar-refractivity contribution in [1.29, 1.82) is 0 Å². The molecule has 1 heterocycles. The Morgan fingerprint density at radius 2 is 1.83 bits per heavy atom. The van der Waals surface area contributed by atoms with E-state index in [0.29, 0.717) is 41.8 Å². The fraction of sp³-hybridized carbons (Fsp3) is 0.227. The van der Waals surface area contributed by atoms with Gasteiger partial charge in [0.1, 0.15) is 12.4 Å². The molecular formula is C22H23Cl2FN2O2.